The average molecular weight is 288 g/mol. The molecule has 102 valence electrons. The number of para-hydroxylation sites is 1. The molecule has 0 saturated heterocycles. The molecule has 1 heterocycles. The highest BCUT2D eigenvalue weighted by atomic mass is 35.5. The van der Waals surface area contributed by atoms with Gasteiger partial charge in [-0.1, -0.05) is 23.7 Å². The molecule has 1 aliphatic heterocycles. The van der Waals surface area contributed by atoms with Gasteiger partial charge in [0.1, 0.15) is 12.5 Å². The number of fused-ring (bicyclic) bond motifs is 1. The van der Waals surface area contributed by atoms with Gasteiger partial charge < -0.3 is 5.32 Å². The fraction of sp³-hybridized carbons (Fsp3) is 0.133. The summed E-state index contributed by atoms with van der Waals surface area (Å²) in [4.78, 5) is 9.83. The van der Waals surface area contributed by atoms with Gasteiger partial charge >= 0.3 is 0 Å². The third kappa shape index (κ3) is 2.48. The number of hydrogen-bond acceptors (Lipinski definition) is 4. The van der Waals surface area contributed by atoms with Crippen LogP contribution in [0.2, 0.25) is 5.02 Å². The molecule has 4 nitrogen and oxygen atoms in total. The van der Waals surface area contributed by atoms with Crippen LogP contribution < -0.4 is 10.4 Å². The van der Waals surface area contributed by atoms with Crippen molar-refractivity contribution < 1.29 is 4.84 Å². The third-order valence-corrected chi connectivity index (χ3v) is 3.36. The van der Waals surface area contributed by atoms with Crippen molar-refractivity contribution in [1.82, 2.24) is 0 Å². The molecule has 0 atom stereocenters. The van der Waals surface area contributed by atoms with E-state index in [4.69, 9.17) is 16.4 Å². The molecule has 0 bridgehead atoms. The Morgan fingerprint density at radius 2 is 1.90 bits per heavy atom. The van der Waals surface area contributed by atoms with Crippen LogP contribution in [-0.4, -0.2) is 19.6 Å². The van der Waals surface area contributed by atoms with Crippen LogP contribution in [0.1, 0.15) is 5.56 Å². The number of benzene rings is 2. The molecule has 0 amide bonds. The summed E-state index contributed by atoms with van der Waals surface area (Å²) in [5, 5.41) is 5.79. The van der Waals surface area contributed by atoms with Crippen molar-refractivity contribution in [2.75, 3.05) is 24.2 Å². The monoisotopic (exact) mass is 287 g/mol. The zero-order chi connectivity index (χ0) is 13.9. The van der Waals surface area contributed by atoms with Gasteiger partial charge in [-0.25, -0.2) is 10.1 Å². The van der Waals surface area contributed by atoms with E-state index < -0.39 is 0 Å². The number of anilines is 2. The smallest absolute Gasteiger partial charge is 0.138 e. The molecule has 2 aromatic carbocycles. The van der Waals surface area contributed by atoms with E-state index in [0.29, 0.717) is 11.7 Å². The molecule has 0 unspecified atom stereocenters. The summed E-state index contributed by atoms with van der Waals surface area (Å²) in [5.41, 5.74) is 2.96. The zero-order valence-corrected chi connectivity index (χ0v) is 11.8. The Hall–Kier alpha value is -2.04. The second-order valence-electron chi connectivity index (χ2n) is 4.36. The van der Waals surface area contributed by atoms with Crippen molar-refractivity contribution in [3.05, 3.63) is 59.1 Å². The van der Waals surface area contributed by atoms with Gasteiger partial charge in [-0.2, -0.15) is 0 Å². The predicted molar refractivity (Wildman–Crippen MR) is 82.4 cm³/mol. The highest BCUT2D eigenvalue weighted by molar-refractivity contribution is 6.30. The van der Waals surface area contributed by atoms with Crippen molar-refractivity contribution in [2.24, 2.45) is 4.99 Å². The van der Waals surface area contributed by atoms with Gasteiger partial charge in [0, 0.05) is 16.3 Å². The van der Waals surface area contributed by atoms with Crippen LogP contribution in [0.15, 0.2) is 53.5 Å². The zero-order valence-electron chi connectivity index (χ0n) is 11.0. The van der Waals surface area contributed by atoms with Crippen LogP contribution in [0, 0.1) is 0 Å². The maximum Gasteiger partial charge on any atom is 0.138 e. The summed E-state index contributed by atoms with van der Waals surface area (Å²) in [7, 11) is 1.64. The molecular formula is C15H14ClN3O. The van der Waals surface area contributed by atoms with Gasteiger partial charge in [0.05, 0.1) is 12.8 Å². The van der Waals surface area contributed by atoms with Crippen molar-refractivity contribution in [1.29, 1.82) is 0 Å². The first-order chi connectivity index (χ1) is 9.78. The molecule has 1 aliphatic rings. The van der Waals surface area contributed by atoms with Gasteiger partial charge in [-0.15, -0.1) is 0 Å². The lowest BCUT2D eigenvalue weighted by atomic mass is 10.1. The fourth-order valence-corrected chi connectivity index (χ4v) is 2.25. The Morgan fingerprint density at radius 1 is 1.15 bits per heavy atom. The molecule has 20 heavy (non-hydrogen) atoms. The average Bonchev–Trinajstić information content (AvgIpc) is 2.50. The molecule has 0 aromatic heterocycles. The van der Waals surface area contributed by atoms with E-state index in [0.717, 1.165) is 22.8 Å². The van der Waals surface area contributed by atoms with E-state index in [-0.39, 0.29) is 0 Å². The Labute approximate surface area is 122 Å². The maximum absolute atomic E-state index is 5.89. The SMILES string of the molecule is CON1CN=C(Nc2ccc(Cl)cc2)c2ccccc21. The van der Waals surface area contributed by atoms with E-state index >= 15 is 0 Å². The molecule has 2 aromatic rings. The van der Waals surface area contributed by atoms with Crippen LogP contribution >= 0.6 is 11.6 Å². The molecular weight excluding hydrogens is 274 g/mol. The first-order valence-electron chi connectivity index (χ1n) is 6.26. The molecule has 1 N–H and O–H groups in total. The summed E-state index contributed by atoms with van der Waals surface area (Å²) < 4.78 is 0. The lowest BCUT2D eigenvalue weighted by Crippen LogP contribution is -2.31. The highest BCUT2D eigenvalue weighted by Gasteiger charge is 2.19. The quantitative estimate of drug-likeness (QED) is 0.918. The van der Waals surface area contributed by atoms with E-state index in [1.54, 1.807) is 12.2 Å². The van der Waals surface area contributed by atoms with E-state index in [1.165, 1.54) is 0 Å². The summed E-state index contributed by atoms with van der Waals surface area (Å²) in [6, 6.07) is 15.5. The van der Waals surface area contributed by atoms with Gasteiger partial charge in [0.25, 0.3) is 0 Å². The second-order valence-corrected chi connectivity index (χ2v) is 4.79. The predicted octanol–water partition coefficient (Wildman–Crippen LogP) is 3.54. The minimum atomic E-state index is 0.462. The molecule has 0 radical (unpaired) electrons. The van der Waals surface area contributed by atoms with Gasteiger partial charge in [0.15, 0.2) is 0 Å². The number of nitrogens with zero attached hydrogens (tertiary/aromatic N) is 2. The first kappa shape index (κ1) is 13.0. The Bertz CT molecular complexity index is 640. The second kappa shape index (κ2) is 5.53. The highest BCUT2D eigenvalue weighted by Crippen LogP contribution is 2.26. The number of hydrogen-bond donors (Lipinski definition) is 1. The van der Waals surface area contributed by atoms with Gasteiger partial charge in [-0.05, 0) is 36.4 Å². The van der Waals surface area contributed by atoms with Crippen LogP contribution in [-0.2, 0) is 4.84 Å². The molecule has 0 saturated carbocycles. The number of nitrogens with one attached hydrogen (secondary N) is 1. The topological polar surface area (TPSA) is 36.9 Å². The van der Waals surface area contributed by atoms with Crippen molar-refractivity contribution >= 4 is 28.8 Å². The van der Waals surface area contributed by atoms with E-state index in [2.05, 4.69) is 10.3 Å². The molecule has 0 spiro atoms. The Kier molecular flexibility index (Phi) is 3.58. The van der Waals surface area contributed by atoms with Crippen LogP contribution in [0.3, 0.4) is 0 Å². The molecule has 0 aliphatic carbocycles. The third-order valence-electron chi connectivity index (χ3n) is 3.11. The van der Waals surface area contributed by atoms with E-state index in [9.17, 15) is 0 Å². The van der Waals surface area contributed by atoms with Crippen molar-refractivity contribution in [3.63, 3.8) is 0 Å². The van der Waals surface area contributed by atoms with Gasteiger partial charge in [-0.3, -0.25) is 4.84 Å². The molecule has 5 heteroatoms. The van der Waals surface area contributed by atoms with E-state index in [1.807, 2.05) is 48.5 Å². The van der Waals surface area contributed by atoms with Crippen LogP contribution in [0.25, 0.3) is 0 Å². The summed E-state index contributed by atoms with van der Waals surface area (Å²) in [6.07, 6.45) is 0. The molecule has 0 fully saturated rings. The number of amidine groups is 1. The minimum Gasteiger partial charge on any atom is -0.340 e. The normalized spacial score (nSPS) is 13.7. The van der Waals surface area contributed by atoms with Crippen LogP contribution in [0.5, 0.6) is 0 Å². The summed E-state index contributed by atoms with van der Waals surface area (Å²) in [5.74, 6) is 0.830. The van der Waals surface area contributed by atoms with Crippen molar-refractivity contribution in [3.8, 4) is 0 Å². The largest absolute Gasteiger partial charge is 0.340 e. The maximum atomic E-state index is 5.89. The fourth-order valence-electron chi connectivity index (χ4n) is 2.12. The number of rotatable bonds is 2. The lowest BCUT2D eigenvalue weighted by Gasteiger charge is -2.27. The standard InChI is InChI=1S/C15H14ClN3O/c1-20-19-10-17-15(13-4-2-3-5-14(13)19)18-12-8-6-11(16)7-9-12/h2-9H,10H2,1H3,(H,17,18). The summed E-state index contributed by atoms with van der Waals surface area (Å²) in [6.45, 7) is 0.462. The van der Waals surface area contributed by atoms with Crippen molar-refractivity contribution in [2.45, 2.75) is 0 Å². The number of aliphatic imine (C=N–C) groups is 1. The van der Waals surface area contributed by atoms with Crippen LogP contribution in [0.4, 0.5) is 11.4 Å². The minimum absolute atomic E-state index is 0.462. The molecule has 3 rings (SSSR count). The van der Waals surface area contributed by atoms with Gasteiger partial charge in [0.2, 0.25) is 0 Å². The Morgan fingerprint density at radius 3 is 2.65 bits per heavy atom. The number of hydroxylamine groups is 1. The first-order valence-corrected chi connectivity index (χ1v) is 6.64. The number of halogens is 1. The lowest BCUT2D eigenvalue weighted by molar-refractivity contribution is 0.168. The Balaban J connectivity index is 1.91. The summed E-state index contributed by atoms with van der Waals surface area (Å²) >= 11 is 5.89.